The molecule has 1 fully saturated rings. The Bertz CT molecular complexity index is 660. The number of fused-ring (bicyclic) bond motifs is 2. The molecule has 20 heavy (non-hydrogen) atoms. The van der Waals surface area contributed by atoms with E-state index >= 15 is 0 Å². The van der Waals surface area contributed by atoms with Crippen LogP contribution in [0.3, 0.4) is 0 Å². The quantitative estimate of drug-likeness (QED) is 0.734. The molecular weight excluding hydrogens is 256 g/mol. The van der Waals surface area contributed by atoms with Crippen molar-refractivity contribution in [3.8, 4) is 5.75 Å². The molecule has 1 aromatic rings. The number of allylic oxidation sites excluding steroid dienone is 1. The van der Waals surface area contributed by atoms with Crippen LogP contribution in [0, 0.1) is 0 Å². The van der Waals surface area contributed by atoms with Crippen molar-refractivity contribution in [1.29, 1.82) is 0 Å². The van der Waals surface area contributed by atoms with Crippen molar-refractivity contribution in [2.24, 2.45) is 0 Å². The van der Waals surface area contributed by atoms with Crippen LogP contribution >= 0.6 is 0 Å². The summed E-state index contributed by atoms with van der Waals surface area (Å²) < 4.78 is 16.8. The van der Waals surface area contributed by atoms with Crippen molar-refractivity contribution in [3.63, 3.8) is 0 Å². The Hall–Kier alpha value is -2.07. The van der Waals surface area contributed by atoms with E-state index in [1.165, 1.54) is 0 Å². The number of benzene rings is 1. The van der Waals surface area contributed by atoms with E-state index in [-0.39, 0.29) is 12.4 Å². The van der Waals surface area contributed by atoms with E-state index in [4.69, 9.17) is 14.2 Å². The lowest BCUT2D eigenvalue weighted by atomic mass is 9.81. The number of carbonyl (C=O) groups excluding carboxylic acids is 1. The van der Waals surface area contributed by atoms with Crippen LogP contribution in [0.25, 0.3) is 0 Å². The van der Waals surface area contributed by atoms with Gasteiger partial charge in [-0.05, 0) is 30.4 Å². The smallest absolute Gasteiger partial charge is 0.205 e. The van der Waals surface area contributed by atoms with Crippen LogP contribution in [0.1, 0.15) is 16.8 Å². The summed E-state index contributed by atoms with van der Waals surface area (Å²) in [5.74, 6) is 1.45. The van der Waals surface area contributed by atoms with Gasteiger partial charge in [0.2, 0.25) is 5.78 Å². The van der Waals surface area contributed by atoms with Crippen molar-refractivity contribution in [2.45, 2.75) is 17.6 Å². The number of para-hydroxylation sites is 1. The summed E-state index contributed by atoms with van der Waals surface area (Å²) in [5.41, 5.74) is -0.835. The summed E-state index contributed by atoms with van der Waals surface area (Å²) in [5, 5.41) is 0. The highest BCUT2D eigenvalue weighted by Gasteiger charge is 2.74. The van der Waals surface area contributed by atoms with Gasteiger partial charge in [-0.1, -0.05) is 12.1 Å². The monoisotopic (exact) mass is 270 g/mol. The van der Waals surface area contributed by atoms with Crippen molar-refractivity contribution in [3.05, 3.63) is 53.8 Å². The molecule has 2 heterocycles. The minimum atomic E-state index is -0.867. The lowest BCUT2D eigenvalue weighted by Gasteiger charge is -2.24. The van der Waals surface area contributed by atoms with Crippen molar-refractivity contribution in [1.82, 2.24) is 0 Å². The summed E-state index contributed by atoms with van der Waals surface area (Å²) in [4.78, 5) is 12.7. The summed E-state index contributed by atoms with van der Waals surface area (Å²) in [7, 11) is 1.63. The van der Waals surface area contributed by atoms with E-state index in [2.05, 4.69) is 0 Å². The van der Waals surface area contributed by atoms with Gasteiger partial charge in [-0.2, -0.15) is 0 Å². The van der Waals surface area contributed by atoms with Gasteiger partial charge in [0.05, 0.1) is 12.7 Å². The van der Waals surface area contributed by atoms with E-state index in [1.54, 1.807) is 13.2 Å². The number of ether oxygens (including phenoxy) is 3. The van der Waals surface area contributed by atoms with Gasteiger partial charge in [0, 0.05) is 6.42 Å². The molecule has 4 nitrogen and oxygen atoms in total. The highest BCUT2D eigenvalue weighted by molar-refractivity contribution is 6.09. The standard InChI is InChI=1S/C16H14O4/c1-18-11-6-8-15(9-7-11)16(20-15)10-19-13-5-3-2-4-12(13)14(16)17/h2-8H,9-10H2,1H3. The van der Waals surface area contributed by atoms with Gasteiger partial charge in [0.15, 0.2) is 5.60 Å². The number of epoxide rings is 1. The average molecular weight is 270 g/mol. The fourth-order valence-electron chi connectivity index (χ4n) is 3.05. The Kier molecular flexibility index (Phi) is 2.19. The predicted molar refractivity (Wildman–Crippen MR) is 71.7 cm³/mol. The highest BCUT2D eigenvalue weighted by Crippen LogP contribution is 2.57. The second-order valence-corrected chi connectivity index (χ2v) is 5.28. The molecule has 1 saturated heterocycles. The van der Waals surface area contributed by atoms with Gasteiger partial charge in [-0.25, -0.2) is 0 Å². The van der Waals surface area contributed by atoms with Gasteiger partial charge in [0.25, 0.3) is 0 Å². The molecule has 0 amide bonds. The molecule has 0 N–H and O–H groups in total. The van der Waals surface area contributed by atoms with Gasteiger partial charge in [-0.3, -0.25) is 4.79 Å². The van der Waals surface area contributed by atoms with Crippen molar-refractivity contribution < 1.29 is 19.0 Å². The largest absolute Gasteiger partial charge is 0.497 e. The first-order valence-corrected chi connectivity index (χ1v) is 6.61. The third kappa shape index (κ3) is 1.32. The zero-order valence-electron chi connectivity index (χ0n) is 11.1. The Morgan fingerprint density at radius 3 is 2.90 bits per heavy atom. The lowest BCUT2D eigenvalue weighted by molar-refractivity contribution is 0.0755. The summed E-state index contributed by atoms with van der Waals surface area (Å²) in [6, 6.07) is 7.31. The Morgan fingerprint density at radius 2 is 2.15 bits per heavy atom. The van der Waals surface area contributed by atoms with Crippen LogP contribution in [0.4, 0.5) is 0 Å². The van der Waals surface area contributed by atoms with E-state index in [0.717, 1.165) is 5.76 Å². The highest BCUT2D eigenvalue weighted by atomic mass is 16.7. The van der Waals surface area contributed by atoms with E-state index in [9.17, 15) is 4.79 Å². The van der Waals surface area contributed by atoms with Gasteiger partial charge in [-0.15, -0.1) is 0 Å². The number of hydrogen-bond donors (Lipinski definition) is 0. The first-order valence-electron chi connectivity index (χ1n) is 6.61. The molecule has 0 radical (unpaired) electrons. The molecule has 0 aromatic heterocycles. The first-order chi connectivity index (χ1) is 9.71. The maximum Gasteiger partial charge on any atom is 0.205 e. The van der Waals surface area contributed by atoms with Crippen LogP contribution in [0.2, 0.25) is 0 Å². The lowest BCUT2D eigenvalue weighted by Crippen LogP contribution is -2.42. The fraction of sp³-hybridized carbons (Fsp3) is 0.312. The molecule has 4 rings (SSSR count). The van der Waals surface area contributed by atoms with E-state index in [1.807, 2.05) is 36.4 Å². The zero-order chi connectivity index (χ0) is 13.8. The Labute approximate surface area is 116 Å². The first kappa shape index (κ1) is 11.7. The number of hydrogen-bond acceptors (Lipinski definition) is 4. The van der Waals surface area contributed by atoms with E-state index in [0.29, 0.717) is 17.7 Å². The number of ketones is 1. The number of carbonyl (C=O) groups is 1. The van der Waals surface area contributed by atoms with E-state index < -0.39 is 11.2 Å². The molecular formula is C16H14O4. The van der Waals surface area contributed by atoms with Crippen molar-refractivity contribution >= 4 is 5.78 Å². The molecule has 3 aliphatic rings. The van der Waals surface area contributed by atoms with Gasteiger partial charge < -0.3 is 14.2 Å². The van der Waals surface area contributed by atoms with Crippen LogP contribution in [-0.2, 0) is 9.47 Å². The van der Waals surface area contributed by atoms with Crippen LogP contribution < -0.4 is 4.74 Å². The average Bonchev–Trinajstić information content (AvgIpc) is 3.12. The Morgan fingerprint density at radius 1 is 1.30 bits per heavy atom. The normalized spacial score (nSPS) is 33.6. The summed E-state index contributed by atoms with van der Waals surface area (Å²) >= 11 is 0. The molecule has 4 heteroatoms. The molecule has 0 saturated carbocycles. The predicted octanol–water partition coefficient (Wildman–Crippen LogP) is 2.26. The molecule has 1 aliphatic carbocycles. The van der Waals surface area contributed by atoms with Gasteiger partial charge in [0.1, 0.15) is 23.7 Å². The third-order valence-corrected chi connectivity index (χ3v) is 4.29. The molecule has 1 aromatic carbocycles. The minimum Gasteiger partial charge on any atom is -0.497 e. The molecule has 0 bridgehead atoms. The zero-order valence-corrected chi connectivity index (χ0v) is 11.1. The number of Topliss-reactive ketones (excluding diaryl/α,β-unsaturated/α-hetero) is 1. The Balaban J connectivity index is 1.69. The van der Waals surface area contributed by atoms with Crippen molar-refractivity contribution in [2.75, 3.05) is 13.7 Å². The maximum absolute atomic E-state index is 12.7. The molecule has 2 spiro atoms. The van der Waals surface area contributed by atoms with Gasteiger partial charge >= 0.3 is 0 Å². The fourth-order valence-corrected chi connectivity index (χ4v) is 3.05. The number of methoxy groups -OCH3 is 1. The SMILES string of the molecule is COC1=CCC2(C=C1)OC21COc2ccccc2C1=O. The number of rotatable bonds is 1. The second-order valence-electron chi connectivity index (χ2n) is 5.28. The van der Waals surface area contributed by atoms with Crippen LogP contribution in [-0.4, -0.2) is 30.7 Å². The summed E-state index contributed by atoms with van der Waals surface area (Å²) in [6.45, 7) is 0.267. The third-order valence-electron chi connectivity index (χ3n) is 4.29. The maximum atomic E-state index is 12.7. The molecule has 2 aliphatic heterocycles. The topological polar surface area (TPSA) is 48.1 Å². The minimum absolute atomic E-state index is 0.0123. The van der Waals surface area contributed by atoms with Crippen LogP contribution in [0.15, 0.2) is 48.3 Å². The molecule has 102 valence electrons. The second kappa shape index (κ2) is 3.73. The van der Waals surface area contributed by atoms with Crippen LogP contribution in [0.5, 0.6) is 5.75 Å². The molecule has 2 atom stereocenters. The molecule has 2 unspecified atom stereocenters. The summed E-state index contributed by atoms with van der Waals surface area (Å²) in [6.07, 6.45) is 6.35.